The molecule has 3 aliphatic rings. The van der Waals surface area contributed by atoms with E-state index in [0.29, 0.717) is 19.1 Å². The fourth-order valence-electron chi connectivity index (χ4n) is 3.16. The summed E-state index contributed by atoms with van der Waals surface area (Å²) >= 11 is 0. The van der Waals surface area contributed by atoms with Gasteiger partial charge in [0, 0.05) is 6.54 Å². The third kappa shape index (κ3) is 1.97. The lowest BCUT2D eigenvalue weighted by molar-refractivity contribution is 0.141. The number of rotatable bonds is 2. The molecule has 4 nitrogen and oxygen atoms in total. The van der Waals surface area contributed by atoms with Crippen LogP contribution in [-0.4, -0.2) is 32.5 Å². The molecule has 1 unspecified atom stereocenters. The molecular formula is C14H20BNO3. The van der Waals surface area contributed by atoms with Crippen molar-refractivity contribution in [3.05, 3.63) is 34.5 Å². The molecule has 0 bridgehead atoms. The molecule has 0 fully saturated rings. The molecule has 0 aromatic heterocycles. The standard InChI is InChI=1S/C14H20BNO3/c1-8(2)13-10-4-5-17-7-11-9(3)18-15(14(10)11)19-12(13)6-16/h4-5,8-9,12H,6-7,16H2,1-3H3/t9?,12-/m1/s1. The van der Waals surface area contributed by atoms with E-state index in [4.69, 9.17) is 19.8 Å². The summed E-state index contributed by atoms with van der Waals surface area (Å²) < 4.78 is 17.5. The Kier molecular flexibility index (Phi) is 3.29. The van der Waals surface area contributed by atoms with Crippen LogP contribution in [0, 0.1) is 5.92 Å². The average molecular weight is 261 g/mol. The first-order chi connectivity index (χ1) is 9.13. The van der Waals surface area contributed by atoms with Crippen molar-refractivity contribution in [1.29, 1.82) is 0 Å². The number of hydrogen-bond acceptors (Lipinski definition) is 4. The van der Waals surface area contributed by atoms with Gasteiger partial charge in [0.25, 0.3) is 0 Å². The zero-order valence-electron chi connectivity index (χ0n) is 11.7. The van der Waals surface area contributed by atoms with Gasteiger partial charge in [0.2, 0.25) is 0 Å². The lowest BCUT2D eigenvalue weighted by Crippen LogP contribution is -2.41. The van der Waals surface area contributed by atoms with Crippen LogP contribution in [0.2, 0.25) is 0 Å². The van der Waals surface area contributed by atoms with Gasteiger partial charge in [-0.05, 0) is 41.1 Å². The van der Waals surface area contributed by atoms with Crippen molar-refractivity contribution in [1.82, 2.24) is 0 Å². The monoisotopic (exact) mass is 261 g/mol. The fraction of sp³-hybridized carbons (Fsp3) is 0.571. The minimum Gasteiger partial charge on any atom is -0.497 e. The van der Waals surface area contributed by atoms with Gasteiger partial charge in [-0.1, -0.05) is 13.8 Å². The second-order valence-electron chi connectivity index (χ2n) is 5.55. The predicted molar refractivity (Wildman–Crippen MR) is 74.2 cm³/mol. The van der Waals surface area contributed by atoms with Gasteiger partial charge in [-0.15, -0.1) is 0 Å². The second kappa shape index (κ2) is 4.82. The van der Waals surface area contributed by atoms with E-state index >= 15 is 0 Å². The van der Waals surface area contributed by atoms with Crippen molar-refractivity contribution in [2.45, 2.75) is 33.0 Å². The lowest BCUT2D eigenvalue weighted by atomic mass is 9.67. The largest absolute Gasteiger partial charge is 0.497 e. The first-order valence-corrected chi connectivity index (χ1v) is 6.90. The van der Waals surface area contributed by atoms with Crippen LogP contribution in [0.25, 0.3) is 0 Å². The molecule has 0 aromatic carbocycles. The predicted octanol–water partition coefficient (Wildman–Crippen LogP) is 1.58. The van der Waals surface area contributed by atoms with Gasteiger partial charge in [0.15, 0.2) is 0 Å². The molecule has 2 N–H and O–H groups in total. The van der Waals surface area contributed by atoms with Crippen LogP contribution in [0.4, 0.5) is 0 Å². The summed E-state index contributed by atoms with van der Waals surface area (Å²) in [5.74, 6) is 0.386. The van der Waals surface area contributed by atoms with Gasteiger partial charge in [0.05, 0.1) is 18.5 Å². The van der Waals surface area contributed by atoms with Crippen molar-refractivity contribution in [3.8, 4) is 0 Å². The number of hydrogen-bond donors (Lipinski definition) is 1. The summed E-state index contributed by atoms with van der Waals surface area (Å²) in [7, 11) is -0.289. The highest BCUT2D eigenvalue weighted by atomic mass is 16.6. The summed E-state index contributed by atoms with van der Waals surface area (Å²) in [5.41, 5.74) is 10.7. The van der Waals surface area contributed by atoms with Gasteiger partial charge in [-0.2, -0.15) is 0 Å². The highest BCUT2D eigenvalue weighted by Crippen LogP contribution is 2.41. The number of nitrogens with two attached hydrogens (primary N) is 1. The minimum absolute atomic E-state index is 0.0415. The van der Waals surface area contributed by atoms with Crippen molar-refractivity contribution >= 4 is 7.12 Å². The molecule has 2 atom stereocenters. The van der Waals surface area contributed by atoms with Crippen molar-refractivity contribution in [3.63, 3.8) is 0 Å². The Morgan fingerprint density at radius 3 is 2.89 bits per heavy atom. The average Bonchev–Trinajstić information content (AvgIpc) is 2.57. The Balaban J connectivity index is 2.18. The van der Waals surface area contributed by atoms with Gasteiger partial charge < -0.3 is 19.8 Å². The van der Waals surface area contributed by atoms with E-state index in [1.54, 1.807) is 6.26 Å². The molecule has 0 amide bonds. The summed E-state index contributed by atoms with van der Waals surface area (Å²) in [6.45, 7) is 7.45. The van der Waals surface area contributed by atoms with Crippen molar-refractivity contribution in [2.24, 2.45) is 11.7 Å². The first-order valence-electron chi connectivity index (χ1n) is 6.90. The Morgan fingerprint density at radius 2 is 2.21 bits per heavy atom. The van der Waals surface area contributed by atoms with E-state index in [2.05, 4.69) is 13.8 Å². The Hall–Kier alpha value is -1.04. The molecule has 3 rings (SSSR count). The van der Waals surface area contributed by atoms with E-state index in [-0.39, 0.29) is 19.3 Å². The van der Waals surface area contributed by atoms with Gasteiger partial charge >= 0.3 is 7.12 Å². The lowest BCUT2D eigenvalue weighted by Gasteiger charge is -2.32. The zero-order chi connectivity index (χ0) is 13.6. The molecule has 3 heterocycles. The Bertz CT molecular complexity index is 481. The maximum absolute atomic E-state index is 6.04. The van der Waals surface area contributed by atoms with Crippen LogP contribution in [-0.2, 0) is 14.0 Å². The third-order valence-electron chi connectivity index (χ3n) is 4.04. The third-order valence-corrected chi connectivity index (χ3v) is 4.04. The van der Waals surface area contributed by atoms with E-state index < -0.39 is 0 Å². The highest BCUT2D eigenvalue weighted by molar-refractivity contribution is 6.57. The highest BCUT2D eigenvalue weighted by Gasteiger charge is 2.46. The molecule has 0 aliphatic carbocycles. The van der Waals surface area contributed by atoms with E-state index in [1.165, 1.54) is 16.7 Å². The van der Waals surface area contributed by atoms with E-state index in [0.717, 1.165) is 5.47 Å². The molecule has 0 aromatic rings. The first kappa shape index (κ1) is 13.0. The smallest absolute Gasteiger partial charge is 0.495 e. The SMILES string of the molecule is CC(C)C1=C2C=COCC3=C2B(OC3C)O[C@@H]1CN. The molecule has 19 heavy (non-hydrogen) atoms. The van der Waals surface area contributed by atoms with Crippen LogP contribution in [0.1, 0.15) is 20.8 Å². The quantitative estimate of drug-likeness (QED) is 0.767. The van der Waals surface area contributed by atoms with Crippen LogP contribution in [0.3, 0.4) is 0 Å². The molecule has 102 valence electrons. The van der Waals surface area contributed by atoms with E-state index in [9.17, 15) is 0 Å². The van der Waals surface area contributed by atoms with Gasteiger partial charge in [-0.25, -0.2) is 0 Å². The minimum atomic E-state index is -0.289. The molecule has 0 saturated heterocycles. The van der Waals surface area contributed by atoms with Crippen molar-refractivity contribution < 1.29 is 14.0 Å². The van der Waals surface area contributed by atoms with Crippen LogP contribution in [0.15, 0.2) is 34.5 Å². The summed E-state index contributed by atoms with van der Waals surface area (Å²) in [5, 5.41) is 0. The normalized spacial score (nSPS) is 29.8. The molecule has 0 radical (unpaired) electrons. The molecule has 0 spiro atoms. The van der Waals surface area contributed by atoms with Crippen LogP contribution >= 0.6 is 0 Å². The Morgan fingerprint density at radius 1 is 1.42 bits per heavy atom. The number of allylic oxidation sites excluding steroid dienone is 3. The second-order valence-corrected chi connectivity index (χ2v) is 5.55. The summed E-state index contributed by atoms with van der Waals surface area (Å²) in [6.07, 6.45) is 3.79. The Labute approximate surface area is 114 Å². The van der Waals surface area contributed by atoms with Crippen LogP contribution in [0.5, 0.6) is 0 Å². The molecular weight excluding hydrogens is 241 g/mol. The fourth-order valence-corrected chi connectivity index (χ4v) is 3.16. The number of ether oxygens (including phenoxy) is 1. The van der Waals surface area contributed by atoms with Crippen molar-refractivity contribution in [2.75, 3.05) is 13.2 Å². The zero-order valence-corrected chi connectivity index (χ0v) is 11.7. The van der Waals surface area contributed by atoms with Gasteiger partial charge in [0.1, 0.15) is 6.61 Å². The summed E-state index contributed by atoms with van der Waals surface area (Å²) in [4.78, 5) is 0. The topological polar surface area (TPSA) is 53.7 Å². The molecule has 0 saturated carbocycles. The van der Waals surface area contributed by atoms with E-state index in [1.807, 2.05) is 13.0 Å². The summed E-state index contributed by atoms with van der Waals surface area (Å²) in [6, 6.07) is 0. The molecule has 5 heteroatoms. The maximum Gasteiger partial charge on any atom is 0.495 e. The maximum atomic E-state index is 6.04. The molecule has 3 aliphatic heterocycles. The van der Waals surface area contributed by atoms with Gasteiger partial charge in [-0.3, -0.25) is 0 Å². The van der Waals surface area contributed by atoms with Crippen LogP contribution < -0.4 is 5.73 Å².